The third-order valence-electron chi connectivity index (χ3n) is 1.71. The van der Waals surface area contributed by atoms with Gasteiger partial charge < -0.3 is 5.32 Å². The zero-order chi connectivity index (χ0) is 11.5. The van der Waals surface area contributed by atoms with Crippen molar-refractivity contribution in [1.29, 1.82) is 0 Å². The van der Waals surface area contributed by atoms with Gasteiger partial charge in [-0.2, -0.15) is 18.3 Å². The van der Waals surface area contributed by atoms with Gasteiger partial charge in [-0.1, -0.05) is 0 Å². The van der Waals surface area contributed by atoms with Crippen LogP contribution < -0.4 is 5.32 Å². The molecule has 0 unspecified atom stereocenters. The maximum atomic E-state index is 11.7. The third kappa shape index (κ3) is 4.01. The molecule has 15 heavy (non-hydrogen) atoms. The molecule has 0 aromatic carbocycles. The Morgan fingerprint density at radius 1 is 1.60 bits per heavy atom. The Hall–Kier alpha value is -1.53. The molecule has 1 aromatic rings. The van der Waals surface area contributed by atoms with Gasteiger partial charge in [0.1, 0.15) is 13.1 Å². The van der Waals surface area contributed by atoms with E-state index >= 15 is 0 Å². The van der Waals surface area contributed by atoms with Gasteiger partial charge in [0.25, 0.3) is 0 Å². The largest absolute Gasteiger partial charge is 0.405 e. The molecule has 0 atom stereocenters. The zero-order valence-electron chi connectivity index (χ0n) is 8.01. The van der Waals surface area contributed by atoms with E-state index in [-0.39, 0.29) is 6.54 Å². The van der Waals surface area contributed by atoms with Crippen LogP contribution in [-0.2, 0) is 11.3 Å². The molecular formula is C8H10F3N3O. The first-order valence-electron chi connectivity index (χ1n) is 4.20. The van der Waals surface area contributed by atoms with Crippen LogP contribution in [0.1, 0.15) is 5.69 Å². The molecular weight excluding hydrogens is 211 g/mol. The summed E-state index contributed by atoms with van der Waals surface area (Å²) in [6, 6.07) is 1.66. The Bertz CT molecular complexity index is 345. The first-order chi connectivity index (χ1) is 6.88. The predicted octanol–water partition coefficient (Wildman–Crippen LogP) is 0.870. The molecule has 0 bridgehead atoms. The summed E-state index contributed by atoms with van der Waals surface area (Å²) in [4.78, 5) is 11.0. The number of hydrogen-bond acceptors (Lipinski definition) is 2. The van der Waals surface area contributed by atoms with Gasteiger partial charge in [-0.05, 0) is 13.0 Å². The van der Waals surface area contributed by atoms with E-state index in [1.807, 2.05) is 0 Å². The second-order valence-corrected chi connectivity index (χ2v) is 3.02. The number of alkyl halides is 3. The summed E-state index contributed by atoms with van der Waals surface area (Å²) < 4.78 is 36.5. The fourth-order valence-corrected chi connectivity index (χ4v) is 0.955. The van der Waals surface area contributed by atoms with E-state index in [0.717, 1.165) is 5.69 Å². The molecule has 1 aromatic heterocycles. The molecule has 0 aliphatic rings. The summed E-state index contributed by atoms with van der Waals surface area (Å²) in [5, 5.41) is 5.54. The van der Waals surface area contributed by atoms with E-state index in [2.05, 4.69) is 5.10 Å². The molecule has 1 rings (SSSR count). The highest BCUT2D eigenvalue weighted by Gasteiger charge is 2.27. The molecule has 0 fully saturated rings. The number of nitrogens with one attached hydrogen (secondary N) is 1. The summed E-state index contributed by atoms with van der Waals surface area (Å²) in [5.74, 6) is -0.709. The van der Waals surface area contributed by atoms with Gasteiger partial charge in [-0.3, -0.25) is 9.48 Å². The number of aryl methyl sites for hydroxylation is 1. The van der Waals surface area contributed by atoms with Crippen molar-refractivity contribution >= 4 is 5.91 Å². The summed E-state index contributed by atoms with van der Waals surface area (Å²) in [6.45, 7) is 0.200. The van der Waals surface area contributed by atoms with Gasteiger partial charge >= 0.3 is 6.18 Å². The van der Waals surface area contributed by atoms with Crippen molar-refractivity contribution in [3.05, 3.63) is 18.0 Å². The predicted molar refractivity (Wildman–Crippen MR) is 46.0 cm³/mol. The molecule has 4 nitrogen and oxygen atoms in total. The van der Waals surface area contributed by atoms with Crippen LogP contribution in [0, 0.1) is 6.92 Å². The first kappa shape index (κ1) is 11.5. The normalized spacial score (nSPS) is 11.5. The highest BCUT2D eigenvalue weighted by molar-refractivity contribution is 5.75. The number of aromatic nitrogens is 2. The van der Waals surface area contributed by atoms with E-state index in [4.69, 9.17) is 0 Å². The maximum Gasteiger partial charge on any atom is 0.405 e. The molecule has 1 amide bonds. The van der Waals surface area contributed by atoms with Gasteiger partial charge in [0.05, 0.1) is 0 Å². The minimum Gasteiger partial charge on any atom is -0.345 e. The van der Waals surface area contributed by atoms with Gasteiger partial charge in [0.15, 0.2) is 0 Å². The molecule has 0 saturated heterocycles. The van der Waals surface area contributed by atoms with Crippen molar-refractivity contribution in [3.63, 3.8) is 0 Å². The number of carbonyl (C=O) groups is 1. The van der Waals surface area contributed by atoms with Crippen molar-refractivity contribution in [2.75, 3.05) is 6.54 Å². The summed E-state index contributed by atoms with van der Waals surface area (Å²) >= 11 is 0. The molecule has 1 N–H and O–H groups in total. The molecule has 0 aliphatic carbocycles. The molecule has 1 heterocycles. The van der Waals surface area contributed by atoms with E-state index in [0.29, 0.717) is 0 Å². The number of hydrogen-bond donors (Lipinski definition) is 1. The number of halogens is 3. The second-order valence-electron chi connectivity index (χ2n) is 3.02. The Morgan fingerprint density at radius 2 is 2.27 bits per heavy atom. The van der Waals surface area contributed by atoms with E-state index in [9.17, 15) is 18.0 Å². The smallest absolute Gasteiger partial charge is 0.345 e. The summed E-state index contributed by atoms with van der Waals surface area (Å²) in [7, 11) is 0. The van der Waals surface area contributed by atoms with Crippen LogP contribution in [0.4, 0.5) is 13.2 Å². The minimum absolute atomic E-state index is 0.199. The Kier molecular flexibility index (Phi) is 3.33. The van der Waals surface area contributed by atoms with Crippen molar-refractivity contribution in [2.45, 2.75) is 19.6 Å². The van der Waals surface area contributed by atoms with Gasteiger partial charge in [0, 0.05) is 11.9 Å². The fourth-order valence-electron chi connectivity index (χ4n) is 0.955. The Morgan fingerprint density at radius 3 is 2.73 bits per heavy atom. The minimum atomic E-state index is -4.38. The highest BCUT2D eigenvalue weighted by Crippen LogP contribution is 2.12. The molecule has 0 aliphatic heterocycles. The summed E-state index contributed by atoms with van der Waals surface area (Å²) in [6.07, 6.45) is -2.90. The lowest BCUT2D eigenvalue weighted by Gasteiger charge is -2.08. The lowest BCUT2D eigenvalue weighted by molar-refractivity contribution is -0.138. The lowest BCUT2D eigenvalue weighted by atomic mass is 10.4. The van der Waals surface area contributed by atoms with Crippen LogP contribution in [0.2, 0.25) is 0 Å². The highest BCUT2D eigenvalue weighted by atomic mass is 19.4. The van der Waals surface area contributed by atoms with Crippen LogP contribution >= 0.6 is 0 Å². The number of rotatable bonds is 3. The topological polar surface area (TPSA) is 46.9 Å². The van der Waals surface area contributed by atoms with E-state index in [1.165, 1.54) is 10.9 Å². The Balaban J connectivity index is 2.41. The maximum absolute atomic E-state index is 11.7. The third-order valence-corrected chi connectivity index (χ3v) is 1.71. The van der Waals surface area contributed by atoms with Gasteiger partial charge in [-0.25, -0.2) is 0 Å². The van der Waals surface area contributed by atoms with Crippen LogP contribution in [0.25, 0.3) is 0 Å². The van der Waals surface area contributed by atoms with Crippen molar-refractivity contribution < 1.29 is 18.0 Å². The molecule has 7 heteroatoms. The number of carbonyl (C=O) groups excluding carboxylic acids is 1. The van der Waals surface area contributed by atoms with Crippen molar-refractivity contribution in [1.82, 2.24) is 15.1 Å². The van der Waals surface area contributed by atoms with Gasteiger partial charge in [0.2, 0.25) is 5.91 Å². The molecule has 0 saturated carbocycles. The molecule has 0 radical (unpaired) electrons. The first-order valence-corrected chi connectivity index (χ1v) is 4.20. The van der Waals surface area contributed by atoms with Crippen LogP contribution in [-0.4, -0.2) is 28.4 Å². The number of amides is 1. The Labute approximate surface area is 84.1 Å². The van der Waals surface area contributed by atoms with Crippen molar-refractivity contribution in [2.24, 2.45) is 0 Å². The average Bonchev–Trinajstić information content (AvgIpc) is 2.47. The SMILES string of the molecule is Cc1ccnn1CC(=O)NCC(F)(F)F. The van der Waals surface area contributed by atoms with E-state index in [1.54, 1.807) is 18.3 Å². The van der Waals surface area contributed by atoms with Crippen LogP contribution in [0.15, 0.2) is 12.3 Å². The fraction of sp³-hybridized carbons (Fsp3) is 0.500. The quantitative estimate of drug-likeness (QED) is 0.823. The zero-order valence-corrected chi connectivity index (χ0v) is 8.01. The lowest BCUT2D eigenvalue weighted by Crippen LogP contribution is -2.36. The van der Waals surface area contributed by atoms with E-state index < -0.39 is 18.6 Å². The standard InChI is InChI=1S/C8H10F3N3O/c1-6-2-3-13-14(6)4-7(15)12-5-8(9,10)11/h2-3H,4-5H2,1H3,(H,12,15). The number of nitrogens with zero attached hydrogens (tertiary/aromatic N) is 2. The monoisotopic (exact) mass is 221 g/mol. The van der Waals surface area contributed by atoms with Gasteiger partial charge in [-0.15, -0.1) is 0 Å². The second kappa shape index (κ2) is 4.33. The van der Waals surface area contributed by atoms with Crippen LogP contribution in [0.5, 0.6) is 0 Å². The molecule has 84 valence electrons. The van der Waals surface area contributed by atoms with Crippen molar-refractivity contribution in [3.8, 4) is 0 Å². The average molecular weight is 221 g/mol. The summed E-state index contributed by atoms with van der Waals surface area (Å²) in [5.41, 5.74) is 0.720. The van der Waals surface area contributed by atoms with Crippen LogP contribution in [0.3, 0.4) is 0 Å². The molecule has 0 spiro atoms.